The number of carbonyl (C=O) groups is 3. The monoisotopic (exact) mass is 1120 g/mol. The number of allylic oxidation sites excluding steroid dienone is 18. The zero-order valence-corrected chi connectivity index (χ0v) is 53.3. The molecule has 0 rings (SSSR count). The van der Waals surface area contributed by atoms with E-state index in [9.17, 15) is 14.4 Å². The lowest BCUT2D eigenvalue weighted by molar-refractivity contribution is -0.167. The molecule has 464 valence electrons. The minimum Gasteiger partial charge on any atom is -0.462 e. The fraction of sp³-hybridized carbons (Fsp3) is 0.720. The molecule has 6 heteroatoms. The molecule has 0 aliphatic heterocycles. The highest BCUT2D eigenvalue weighted by molar-refractivity contribution is 5.71. The molecule has 0 aliphatic rings. The highest BCUT2D eigenvalue weighted by atomic mass is 16.6. The maximum Gasteiger partial charge on any atom is 0.306 e. The minimum absolute atomic E-state index is 0.0828. The van der Waals surface area contributed by atoms with Gasteiger partial charge in [0, 0.05) is 19.3 Å². The molecule has 1 atom stereocenters. The van der Waals surface area contributed by atoms with Crippen molar-refractivity contribution < 1.29 is 28.6 Å². The summed E-state index contributed by atoms with van der Waals surface area (Å²) in [7, 11) is 0. The zero-order chi connectivity index (χ0) is 58.5. The van der Waals surface area contributed by atoms with E-state index >= 15 is 0 Å². The molecule has 0 aliphatic carbocycles. The van der Waals surface area contributed by atoms with Crippen LogP contribution in [-0.4, -0.2) is 37.2 Å². The van der Waals surface area contributed by atoms with Gasteiger partial charge in [0.25, 0.3) is 0 Å². The van der Waals surface area contributed by atoms with Gasteiger partial charge in [0.1, 0.15) is 13.2 Å². The van der Waals surface area contributed by atoms with Gasteiger partial charge in [0.15, 0.2) is 6.10 Å². The second kappa shape index (κ2) is 68.6. The van der Waals surface area contributed by atoms with Crippen LogP contribution in [0.5, 0.6) is 0 Å². The van der Waals surface area contributed by atoms with E-state index in [1.54, 1.807) is 0 Å². The van der Waals surface area contributed by atoms with Crippen molar-refractivity contribution in [2.75, 3.05) is 13.2 Å². The van der Waals surface area contributed by atoms with Gasteiger partial charge in [-0.15, -0.1) is 0 Å². The van der Waals surface area contributed by atoms with E-state index in [0.29, 0.717) is 19.3 Å². The lowest BCUT2D eigenvalue weighted by Crippen LogP contribution is -2.30. The summed E-state index contributed by atoms with van der Waals surface area (Å²) in [6.07, 6.45) is 94.0. The van der Waals surface area contributed by atoms with Crippen molar-refractivity contribution in [2.24, 2.45) is 0 Å². The van der Waals surface area contributed by atoms with E-state index in [0.717, 1.165) is 128 Å². The van der Waals surface area contributed by atoms with Gasteiger partial charge < -0.3 is 14.2 Å². The standard InChI is InChI=1S/C75H128O6/c1-4-7-10-13-16-19-22-25-27-29-31-32-33-34-35-36-37-38-39-40-41-42-44-45-47-50-53-56-59-62-65-68-74(77)80-71-72(70-79-73(76)67-64-61-58-55-52-49-24-21-18-15-12-9-6-3)81-75(78)69-66-63-60-57-54-51-48-46-43-30-28-26-23-20-17-14-11-8-5-2/h7,10,12,15-17,19-21,24-28,31-32,34-35,72H,4-6,8-9,11,13-14,18,22-23,29-30,33,36-71H2,1-3H3/b10-7-,15-12-,19-16-,20-17-,24-21-,27-25-,28-26-,32-31-,35-34-. The maximum absolute atomic E-state index is 12.9. The Morgan fingerprint density at radius 2 is 0.506 bits per heavy atom. The summed E-state index contributed by atoms with van der Waals surface area (Å²) in [6, 6.07) is 0. The van der Waals surface area contributed by atoms with Gasteiger partial charge in [-0.1, -0.05) is 297 Å². The molecule has 81 heavy (non-hydrogen) atoms. The molecule has 0 bridgehead atoms. The molecule has 1 unspecified atom stereocenters. The molecule has 0 N–H and O–H groups in total. The molecule has 0 radical (unpaired) electrons. The Kier molecular flexibility index (Phi) is 65.2. The molecule has 0 fully saturated rings. The van der Waals surface area contributed by atoms with Crippen LogP contribution >= 0.6 is 0 Å². The van der Waals surface area contributed by atoms with E-state index in [-0.39, 0.29) is 31.1 Å². The van der Waals surface area contributed by atoms with Gasteiger partial charge in [-0.25, -0.2) is 0 Å². The minimum atomic E-state index is -0.788. The van der Waals surface area contributed by atoms with Gasteiger partial charge in [0.05, 0.1) is 0 Å². The third-order valence-corrected chi connectivity index (χ3v) is 14.7. The second-order valence-corrected chi connectivity index (χ2v) is 22.7. The largest absolute Gasteiger partial charge is 0.462 e. The fourth-order valence-electron chi connectivity index (χ4n) is 9.60. The van der Waals surface area contributed by atoms with Gasteiger partial charge in [-0.05, 0) is 122 Å². The first-order chi connectivity index (χ1) is 40.0. The first kappa shape index (κ1) is 77.1. The summed E-state index contributed by atoms with van der Waals surface area (Å²) in [6.45, 7) is 6.45. The van der Waals surface area contributed by atoms with Crippen LogP contribution in [0.15, 0.2) is 109 Å². The molecule has 0 spiro atoms. The van der Waals surface area contributed by atoms with Crippen molar-refractivity contribution in [2.45, 2.75) is 335 Å². The smallest absolute Gasteiger partial charge is 0.306 e. The molecule has 0 heterocycles. The van der Waals surface area contributed by atoms with Crippen molar-refractivity contribution in [1.29, 1.82) is 0 Å². The van der Waals surface area contributed by atoms with Crippen LogP contribution in [0.2, 0.25) is 0 Å². The Labute approximate surface area is 501 Å². The average Bonchev–Trinajstić information content (AvgIpc) is 3.46. The van der Waals surface area contributed by atoms with Gasteiger partial charge in [-0.2, -0.15) is 0 Å². The first-order valence-electron chi connectivity index (χ1n) is 34.4. The predicted molar refractivity (Wildman–Crippen MR) is 353 cm³/mol. The highest BCUT2D eigenvalue weighted by Gasteiger charge is 2.19. The topological polar surface area (TPSA) is 78.9 Å². The Morgan fingerprint density at radius 1 is 0.259 bits per heavy atom. The number of rotatable bonds is 62. The van der Waals surface area contributed by atoms with Crippen LogP contribution in [0.1, 0.15) is 329 Å². The molecule has 0 saturated carbocycles. The summed E-state index contributed by atoms with van der Waals surface area (Å²) < 4.78 is 16.9. The Balaban J connectivity index is 4.24. The summed E-state index contributed by atoms with van der Waals surface area (Å²) >= 11 is 0. The van der Waals surface area contributed by atoms with E-state index in [1.165, 1.54) is 161 Å². The number of esters is 3. The van der Waals surface area contributed by atoms with E-state index < -0.39 is 6.10 Å². The molecule has 0 aromatic heterocycles. The lowest BCUT2D eigenvalue weighted by atomic mass is 10.0. The molecular formula is C75H128O6. The number of ether oxygens (including phenoxy) is 3. The van der Waals surface area contributed by atoms with Gasteiger partial charge in [-0.3, -0.25) is 14.4 Å². The van der Waals surface area contributed by atoms with Gasteiger partial charge >= 0.3 is 17.9 Å². The Hall–Kier alpha value is -3.93. The molecule has 6 nitrogen and oxygen atoms in total. The third kappa shape index (κ3) is 66.8. The van der Waals surface area contributed by atoms with Crippen molar-refractivity contribution in [1.82, 2.24) is 0 Å². The second-order valence-electron chi connectivity index (χ2n) is 22.7. The van der Waals surface area contributed by atoms with Crippen molar-refractivity contribution >= 4 is 17.9 Å². The number of carbonyl (C=O) groups excluding carboxylic acids is 3. The Bertz CT molecular complexity index is 1620. The van der Waals surface area contributed by atoms with Crippen LogP contribution in [0.25, 0.3) is 0 Å². The first-order valence-corrected chi connectivity index (χ1v) is 34.4. The summed E-state index contributed by atoms with van der Waals surface area (Å²) in [5.41, 5.74) is 0. The van der Waals surface area contributed by atoms with Gasteiger partial charge in [0.2, 0.25) is 0 Å². The molecule has 0 amide bonds. The molecule has 0 saturated heterocycles. The van der Waals surface area contributed by atoms with Crippen molar-refractivity contribution in [3.8, 4) is 0 Å². The lowest BCUT2D eigenvalue weighted by Gasteiger charge is -2.18. The van der Waals surface area contributed by atoms with Crippen LogP contribution in [0, 0.1) is 0 Å². The predicted octanol–water partition coefficient (Wildman–Crippen LogP) is 23.8. The van der Waals surface area contributed by atoms with Crippen LogP contribution in [0.4, 0.5) is 0 Å². The highest BCUT2D eigenvalue weighted by Crippen LogP contribution is 2.17. The third-order valence-electron chi connectivity index (χ3n) is 14.7. The van der Waals surface area contributed by atoms with E-state index in [2.05, 4.69) is 130 Å². The Morgan fingerprint density at radius 3 is 0.802 bits per heavy atom. The number of unbranched alkanes of at least 4 members (excludes halogenated alkanes) is 33. The van der Waals surface area contributed by atoms with Crippen molar-refractivity contribution in [3.63, 3.8) is 0 Å². The van der Waals surface area contributed by atoms with E-state index in [1.807, 2.05) is 0 Å². The summed E-state index contributed by atoms with van der Waals surface area (Å²) in [4.78, 5) is 38.4. The van der Waals surface area contributed by atoms with Crippen LogP contribution in [-0.2, 0) is 28.6 Å². The fourth-order valence-corrected chi connectivity index (χ4v) is 9.60. The van der Waals surface area contributed by atoms with Crippen molar-refractivity contribution in [3.05, 3.63) is 109 Å². The number of hydrogen-bond donors (Lipinski definition) is 0. The van der Waals surface area contributed by atoms with Crippen LogP contribution in [0.3, 0.4) is 0 Å². The molecule has 0 aromatic carbocycles. The summed E-state index contributed by atoms with van der Waals surface area (Å²) in [5, 5.41) is 0. The quantitative estimate of drug-likeness (QED) is 0.0261. The van der Waals surface area contributed by atoms with E-state index in [4.69, 9.17) is 14.2 Å². The van der Waals surface area contributed by atoms with Crippen LogP contribution < -0.4 is 0 Å². The normalized spacial score (nSPS) is 12.8. The average molecular weight is 1130 g/mol. The zero-order valence-electron chi connectivity index (χ0n) is 53.3. The maximum atomic E-state index is 12.9. The summed E-state index contributed by atoms with van der Waals surface area (Å²) in [5.74, 6) is -0.890. The molecule has 0 aromatic rings. The number of hydrogen-bond acceptors (Lipinski definition) is 6. The SMILES string of the molecule is CC/C=C\C/C=C\C/C=C\C/C=C\C/C=C\CCCCCCCCCCCCCCCCCC(=O)OCC(COC(=O)CCCCCCC/C=C\C/C=C\CCC)OC(=O)CCCCCCCCCCC/C=C\C/C=C\CCCCC. The molecular weight excluding hydrogens is 997 g/mol.